The molecule has 6 rings (SSSR count). The Balaban J connectivity index is 1.52. The largest absolute Gasteiger partial charge is 0.508 e. The number of hydrogen-bond acceptors (Lipinski definition) is 6. The summed E-state index contributed by atoms with van der Waals surface area (Å²) >= 11 is 3.40. The fraction of sp³-hybridized carbons (Fsp3) is 0.120. The van der Waals surface area contributed by atoms with Crippen LogP contribution >= 0.6 is 15.9 Å². The first-order chi connectivity index (χ1) is 16.0. The molecule has 2 aliphatic rings. The maximum Gasteiger partial charge on any atom is 0.291 e. The molecule has 3 aromatic carbocycles. The number of rotatable bonds is 3. The fourth-order valence-corrected chi connectivity index (χ4v) is 4.76. The third kappa shape index (κ3) is 3.17. The van der Waals surface area contributed by atoms with Crippen LogP contribution in [0.2, 0.25) is 0 Å². The zero-order chi connectivity index (χ0) is 22.7. The Bertz CT molecular complexity index is 1490. The number of aromatic hydroxyl groups is 1. The summed E-state index contributed by atoms with van der Waals surface area (Å²) in [7, 11) is 0. The molecule has 1 unspecified atom stereocenters. The number of phenolic OH excluding ortho intramolecular Hbond substituents is 1. The van der Waals surface area contributed by atoms with Crippen LogP contribution in [0.15, 0.2) is 74.3 Å². The van der Waals surface area contributed by atoms with Crippen LogP contribution in [0.25, 0.3) is 11.0 Å². The van der Waals surface area contributed by atoms with Gasteiger partial charge in [-0.15, -0.1) is 0 Å². The standard InChI is InChI=1S/C25H16BrNO6/c26-15-4-8-18-17(10-15)23(29)21-22(14-2-5-16(28)6-3-14)27(25(30)24(21)33-18)11-13-1-7-19-20(9-13)32-12-31-19/h1-10,22,28H,11-12H2. The first-order valence-electron chi connectivity index (χ1n) is 10.2. The van der Waals surface area contributed by atoms with Gasteiger partial charge in [-0.2, -0.15) is 0 Å². The molecule has 164 valence electrons. The highest BCUT2D eigenvalue weighted by Gasteiger charge is 2.42. The summed E-state index contributed by atoms with van der Waals surface area (Å²) in [6, 6.07) is 16.4. The smallest absolute Gasteiger partial charge is 0.291 e. The van der Waals surface area contributed by atoms with Crippen molar-refractivity contribution in [2.75, 3.05) is 6.79 Å². The number of benzene rings is 3. The third-order valence-electron chi connectivity index (χ3n) is 5.93. The number of hydrogen-bond donors (Lipinski definition) is 1. The molecule has 1 amide bonds. The molecule has 0 spiro atoms. The Morgan fingerprint density at radius 1 is 0.970 bits per heavy atom. The van der Waals surface area contributed by atoms with Crippen LogP contribution in [0.4, 0.5) is 0 Å². The number of phenols is 1. The highest BCUT2D eigenvalue weighted by molar-refractivity contribution is 9.10. The minimum Gasteiger partial charge on any atom is -0.508 e. The summed E-state index contributed by atoms with van der Waals surface area (Å²) in [5.74, 6) is 1.03. The van der Waals surface area contributed by atoms with Crippen LogP contribution in [0.1, 0.15) is 33.3 Å². The number of fused-ring (bicyclic) bond motifs is 3. The molecular weight excluding hydrogens is 490 g/mol. The van der Waals surface area contributed by atoms with Gasteiger partial charge < -0.3 is 23.9 Å². The molecule has 2 aliphatic heterocycles. The van der Waals surface area contributed by atoms with Gasteiger partial charge >= 0.3 is 0 Å². The van der Waals surface area contributed by atoms with Gasteiger partial charge in [0, 0.05) is 11.0 Å². The molecule has 0 bridgehead atoms. The van der Waals surface area contributed by atoms with E-state index in [0.29, 0.717) is 28.0 Å². The van der Waals surface area contributed by atoms with E-state index >= 15 is 0 Å². The first kappa shape index (κ1) is 19.9. The summed E-state index contributed by atoms with van der Waals surface area (Å²) < 4.78 is 17.6. The van der Waals surface area contributed by atoms with E-state index in [2.05, 4.69) is 15.9 Å². The molecule has 4 aromatic rings. The maximum atomic E-state index is 13.6. The zero-order valence-corrected chi connectivity index (χ0v) is 18.7. The summed E-state index contributed by atoms with van der Waals surface area (Å²) in [6.07, 6.45) is 0. The van der Waals surface area contributed by atoms with Crippen molar-refractivity contribution in [2.24, 2.45) is 0 Å². The van der Waals surface area contributed by atoms with Crippen LogP contribution < -0.4 is 14.9 Å². The van der Waals surface area contributed by atoms with Crippen molar-refractivity contribution in [3.63, 3.8) is 0 Å². The van der Waals surface area contributed by atoms with E-state index in [1.165, 1.54) is 12.1 Å². The van der Waals surface area contributed by atoms with E-state index in [1.54, 1.807) is 41.3 Å². The molecule has 0 radical (unpaired) electrons. The van der Waals surface area contributed by atoms with E-state index < -0.39 is 6.04 Å². The van der Waals surface area contributed by atoms with Gasteiger partial charge in [0.1, 0.15) is 11.3 Å². The van der Waals surface area contributed by atoms with Gasteiger partial charge in [-0.3, -0.25) is 9.59 Å². The number of carbonyl (C=O) groups is 1. The molecule has 0 saturated carbocycles. The Labute approximate surface area is 195 Å². The second-order valence-corrected chi connectivity index (χ2v) is 8.84. The molecule has 3 heterocycles. The van der Waals surface area contributed by atoms with E-state index in [9.17, 15) is 14.7 Å². The summed E-state index contributed by atoms with van der Waals surface area (Å²) in [5, 5.41) is 10.2. The van der Waals surface area contributed by atoms with Gasteiger partial charge in [-0.1, -0.05) is 34.1 Å². The molecule has 0 aliphatic carbocycles. The highest BCUT2D eigenvalue weighted by Crippen LogP contribution is 2.41. The second kappa shape index (κ2) is 7.38. The van der Waals surface area contributed by atoms with Gasteiger partial charge in [0.25, 0.3) is 5.91 Å². The Hall–Kier alpha value is -3.78. The van der Waals surface area contributed by atoms with Crippen LogP contribution in [0, 0.1) is 0 Å². The maximum absolute atomic E-state index is 13.6. The molecule has 33 heavy (non-hydrogen) atoms. The minimum atomic E-state index is -0.668. The van der Waals surface area contributed by atoms with Gasteiger partial charge in [0.05, 0.1) is 17.0 Å². The van der Waals surface area contributed by atoms with Crippen molar-refractivity contribution >= 4 is 32.8 Å². The average molecular weight is 506 g/mol. The lowest BCUT2D eigenvalue weighted by atomic mass is 9.98. The van der Waals surface area contributed by atoms with E-state index in [1.807, 2.05) is 12.1 Å². The predicted molar refractivity (Wildman–Crippen MR) is 123 cm³/mol. The molecule has 0 saturated heterocycles. The van der Waals surface area contributed by atoms with E-state index in [4.69, 9.17) is 13.9 Å². The quantitative estimate of drug-likeness (QED) is 0.432. The van der Waals surface area contributed by atoms with Crippen molar-refractivity contribution in [2.45, 2.75) is 12.6 Å². The van der Waals surface area contributed by atoms with Gasteiger partial charge in [0.15, 0.2) is 16.9 Å². The molecular formula is C25H16BrNO6. The number of ether oxygens (including phenoxy) is 2. The van der Waals surface area contributed by atoms with Crippen LogP contribution in [0.3, 0.4) is 0 Å². The predicted octanol–water partition coefficient (Wildman–Crippen LogP) is 4.74. The summed E-state index contributed by atoms with van der Waals surface area (Å²) in [6.45, 7) is 0.383. The fourth-order valence-electron chi connectivity index (χ4n) is 4.39. The number of carbonyl (C=O) groups excluding carboxylic acids is 1. The van der Waals surface area contributed by atoms with Crippen molar-refractivity contribution in [1.82, 2.24) is 4.90 Å². The summed E-state index contributed by atoms with van der Waals surface area (Å²) in [5.41, 5.74) is 1.90. The number of halogens is 1. The first-order valence-corrected chi connectivity index (χ1v) is 11.0. The second-order valence-electron chi connectivity index (χ2n) is 7.93. The molecule has 0 fully saturated rings. The third-order valence-corrected chi connectivity index (χ3v) is 6.42. The lowest BCUT2D eigenvalue weighted by Crippen LogP contribution is -2.29. The van der Waals surface area contributed by atoms with Crippen LogP contribution in [0.5, 0.6) is 17.2 Å². The zero-order valence-electron chi connectivity index (χ0n) is 17.1. The molecule has 1 aromatic heterocycles. The van der Waals surface area contributed by atoms with Gasteiger partial charge in [0.2, 0.25) is 12.6 Å². The Morgan fingerprint density at radius 3 is 2.58 bits per heavy atom. The van der Waals surface area contributed by atoms with Crippen molar-refractivity contribution in [3.05, 3.63) is 97.8 Å². The normalized spacial score (nSPS) is 16.5. The van der Waals surface area contributed by atoms with Crippen LogP contribution in [-0.4, -0.2) is 22.7 Å². The van der Waals surface area contributed by atoms with Crippen molar-refractivity contribution < 1.29 is 23.8 Å². The minimum absolute atomic E-state index is 0.0358. The SMILES string of the molecule is O=C1c2oc3ccc(Br)cc3c(=O)c2C(c2ccc(O)cc2)N1Cc1ccc2c(c1)OCO2. The van der Waals surface area contributed by atoms with Gasteiger partial charge in [-0.05, 0) is 53.6 Å². The number of amides is 1. The van der Waals surface area contributed by atoms with Crippen molar-refractivity contribution in [3.8, 4) is 17.2 Å². The Morgan fingerprint density at radius 2 is 1.76 bits per heavy atom. The summed E-state index contributed by atoms with van der Waals surface area (Å²) in [4.78, 5) is 28.7. The molecule has 8 heteroatoms. The lowest BCUT2D eigenvalue weighted by Gasteiger charge is -2.25. The Kier molecular flexibility index (Phi) is 4.45. The van der Waals surface area contributed by atoms with E-state index in [0.717, 1.165) is 10.0 Å². The van der Waals surface area contributed by atoms with Gasteiger partial charge in [-0.25, -0.2) is 0 Å². The number of nitrogens with zero attached hydrogens (tertiary/aromatic N) is 1. The average Bonchev–Trinajstić information content (AvgIpc) is 3.38. The highest BCUT2D eigenvalue weighted by atomic mass is 79.9. The molecule has 1 atom stereocenters. The molecule has 7 nitrogen and oxygen atoms in total. The lowest BCUT2D eigenvalue weighted by molar-refractivity contribution is 0.0714. The molecule has 1 N–H and O–H groups in total. The van der Waals surface area contributed by atoms with Crippen molar-refractivity contribution in [1.29, 1.82) is 0 Å². The monoisotopic (exact) mass is 505 g/mol. The van der Waals surface area contributed by atoms with E-state index in [-0.39, 0.29) is 41.7 Å². The van der Waals surface area contributed by atoms with Crippen LogP contribution in [-0.2, 0) is 6.54 Å². The topological polar surface area (TPSA) is 89.2 Å².